The molecule has 4 nitrogen and oxygen atoms in total. The summed E-state index contributed by atoms with van der Waals surface area (Å²) in [5.74, 6) is 0.871. The number of ether oxygens (including phenoxy) is 1. The Bertz CT molecular complexity index is 273. The normalized spacial score (nSPS) is 10.6. The highest BCUT2D eigenvalue weighted by Crippen LogP contribution is 2.08. The molecule has 0 amide bonds. The fraction of sp³-hybridized carbons (Fsp3) is 0.750. The van der Waals surface area contributed by atoms with Crippen molar-refractivity contribution in [3.8, 4) is 5.75 Å². The first kappa shape index (κ1) is 13.0. The van der Waals surface area contributed by atoms with Crippen molar-refractivity contribution in [2.75, 3.05) is 19.7 Å². The van der Waals surface area contributed by atoms with E-state index in [0.717, 1.165) is 31.9 Å². The van der Waals surface area contributed by atoms with Crippen molar-refractivity contribution in [3.63, 3.8) is 0 Å². The Kier molecular flexibility index (Phi) is 6.65. The van der Waals surface area contributed by atoms with Crippen molar-refractivity contribution in [3.05, 3.63) is 12.4 Å². The molecule has 0 saturated carbocycles. The van der Waals surface area contributed by atoms with Gasteiger partial charge in [-0.15, -0.1) is 0 Å². The van der Waals surface area contributed by atoms with E-state index in [1.807, 2.05) is 13.2 Å². The van der Waals surface area contributed by atoms with Crippen LogP contribution in [0.4, 0.5) is 0 Å². The van der Waals surface area contributed by atoms with Crippen LogP contribution in [0.25, 0.3) is 0 Å². The molecule has 0 radical (unpaired) electrons. The monoisotopic (exact) mass is 225 g/mol. The van der Waals surface area contributed by atoms with Crippen molar-refractivity contribution in [2.24, 2.45) is 7.05 Å². The minimum Gasteiger partial charge on any atom is -0.490 e. The number of rotatable bonds is 9. The molecule has 0 fully saturated rings. The van der Waals surface area contributed by atoms with Crippen LogP contribution in [-0.2, 0) is 7.05 Å². The van der Waals surface area contributed by atoms with Gasteiger partial charge in [-0.3, -0.25) is 4.68 Å². The SMILES string of the molecule is CCNCCCCCCOc1cnn(C)c1. The second kappa shape index (κ2) is 8.16. The molecule has 0 spiro atoms. The molecule has 16 heavy (non-hydrogen) atoms. The average Bonchev–Trinajstić information content (AvgIpc) is 2.68. The lowest BCUT2D eigenvalue weighted by molar-refractivity contribution is 0.304. The van der Waals surface area contributed by atoms with Crippen LogP contribution in [0.2, 0.25) is 0 Å². The third-order valence-corrected chi connectivity index (χ3v) is 2.45. The van der Waals surface area contributed by atoms with Gasteiger partial charge in [-0.25, -0.2) is 0 Å². The van der Waals surface area contributed by atoms with E-state index in [4.69, 9.17) is 4.74 Å². The number of nitrogens with one attached hydrogen (secondary N) is 1. The number of hydrogen-bond donors (Lipinski definition) is 1. The highest BCUT2D eigenvalue weighted by Gasteiger charge is 1.96. The molecule has 1 aromatic heterocycles. The van der Waals surface area contributed by atoms with Crippen LogP contribution in [0.1, 0.15) is 32.6 Å². The van der Waals surface area contributed by atoms with Crippen LogP contribution in [-0.4, -0.2) is 29.5 Å². The van der Waals surface area contributed by atoms with Gasteiger partial charge in [-0.2, -0.15) is 5.10 Å². The summed E-state index contributed by atoms with van der Waals surface area (Å²) in [5, 5.41) is 7.37. The van der Waals surface area contributed by atoms with Crippen molar-refractivity contribution in [1.29, 1.82) is 0 Å². The maximum absolute atomic E-state index is 5.56. The van der Waals surface area contributed by atoms with Crippen molar-refractivity contribution in [1.82, 2.24) is 15.1 Å². The van der Waals surface area contributed by atoms with Crippen LogP contribution < -0.4 is 10.1 Å². The number of hydrogen-bond acceptors (Lipinski definition) is 3. The molecule has 92 valence electrons. The second-order valence-corrected chi connectivity index (χ2v) is 3.97. The van der Waals surface area contributed by atoms with Gasteiger partial charge >= 0.3 is 0 Å². The molecule has 0 atom stereocenters. The third-order valence-electron chi connectivity index (χ3n) is 2.45. The van der Waals surface area contributed by atoms with Crippen LogP contribution in [0, 0.1) is 0 Å². The standard InChI is InChI=1S/C12H23N3O/c1-3-13-8-6-4-5-7-9-16-12-10-14-15(2)11-12/h10-11,13H,3-9H2,1-2H3. The lowest BCUT2D eigenvalue weighted by Gasteiger charge is -2.03. The van der Waals surface area contributed by atoms with Gasteiger partial charge in [-0.1, -0.05) is 19.8 Å². The molecule has 1 heterocycles. The summed E-state index contributed by atoms with van der Waals surface area (Å²) in [6, 6.07) is 0. The van der Waals surface area contributed by atoms with Gasteiger partial charge in [0.2, 0.25) is 0 Å². The smallest absolute Gasteiger partial charge is 0.157 e. The molecule has 0 unspecified atom stereocenters. The van der Waals surface area contributed by atoms with Gasteiger partial charge in [0.25, 0.3) is 0 Å². The van der Waals surface area contributed by atoms with E-state index < -0.39 is 0 Å². The van der Waals surface area contributed by atoms with Gasteiger partial charge in [0.15, 0.2) is 5.75 Å². The van der Waals surface area contributed by atoms with Gasteiger partial charge in [-0.05, 0) is 25.9 Å². The summed E-state index contributed by atoms with van der Waals surface area (Å²) < 4.78 is 7.31. The minimum absolute atomic E-state index is 0.799. The number of nitrogens with zero attached hydrogens (tertiary/aromatic N) is 2. The number of aromatic nitrogens is 2. The molecule has 0 aliphatic rings. The molecule has 1 rings (SSSR count). The molecular weight excluding hydrogens is 202 g/mol. The molecule has 0 aliphatic heterocycles. The average molecular weight is 225 g/mol. The molecule has 0 saturated heterocycles. The topological polar surface area (TPSA) is 39.1 Å². The number of aryl methyl sites for hydroxylation is 1. The van der Waals surface area contributed by atoms with E-state index in [-0.39, 0.29) is 0 Å². The first-order valence-corrected chi connectivity index (χ1v) is 6.15. The first-order valence-electron chi connectivity index (χ1n) is 6.15. The van der Waals surface area contributed by atoms with E-state index in [2.05, 4.69) is 17.3 Å². The largest absolute Gasteiger partial charge is 0.490 e. The zero-order valence-corrected chi connectivity index (χ0v) is 10.4. The first-order chi connectivity index (χ1) is 7.83. The van der Waals surface area contributed by atoms with Crippen molar-refractivity contribution in [2.45, 2.75) is 32.6 Å². The lowest BCUT2D eigenvalue weighted by atomic mass is 10.2. The molecular formula is C12H23N3O. The van der Waals surface area contributed by atoms with Gasteiger partial charge in [0.1, 0.15) is 0 Å². The summed E-state index contributed by atoms with van der Waals surface area (Å²) in [6.45, 7) is 5.15. The lowest BCUT2D eigenvalue weighted by Crippen LogP contribution is -2.13. The van der Waals surface area contributed by atoms with E-state index in [0.29, 0.717) is 0 Å². The Morgan fingerprint density at radius 2 is 2.12 bits per heavy atom. The summed E-state index contributed by atoms with van der Waals surface area (Å²) in [6.07, 6.45) is 8.56. The van der Waals surface area contributed by atoms with E-state index in [1.165, 1.54) is 19.3 Å². The van der Waals surface area contributed by atoms with Crippen molar-refractivity contribution >= 4 is 0 Å². The minimum atomic E-state index is 0.799. The molecule has 1 N–H and O–H groups in total. The number of unbranched alkanes of at least 4 members (excludes halogenated alkanes) is 3. The van der Waals surface area contributed by atoms with E-state index in [1.54, 1.807) is 10.9 Å². The Morgan fingerprint density at radius 3 is 2.81 bits per heavy atom. The summed E-state index contributed by atoms with van der Waals surface area (Å²) in [7, 11) is 1.90. The van der Waals surface area contributed by atoms with Crippen LogP contribution in [0.5, 0.6) is 5.75 Å². The second-order valence-electron chi connectivity index (χ2n) is 3.97. The third kappa shape index (κ3) is 5.75. The van der Waals surface area contributed by atoms with Crippen LogP contribution >= 0.6 is 0 Å². The Labute approximate surface area is 98.0 Å². The fourth-order valence-electron chi connectivity index (χ4n) is 1.55. The van der Waals surface area contributed by atoms with Gasteiger partial charge in [0.05, 0.1) is 19.0 Å². The van der Waals surface area contributed by atoms with E-state index in [9.17, 15) is 0 Å². The van der Waals surface area contributed by atoms with Crippen LogP contribution in [0.3, 0.4) is 0 Å². The zero-order chi connectivity index (χ0) is 11.6. The van der Waals surface area contributed by atoms with Gasteiger partial charge < -0.3 is 10.1 Å². The highest BCUT2D eigenvalue weighted by atomic mass is 16.5. The molecule has 0 bridgehead atoms. The van der Waals surface area contributed by atoms with Crippen molar-refractivity contribution < 1.29 is 4.74 Å². The summed E-state index contributed by atoms with van der Waals surface area (Å²) in [5.41, 5.74) is 0. The maximum Gasteiger partial charge on any atom is 0.157 e. The Balaban J connectivity index is 1.88. The zero-order valence-electron chi connectivity index (χ0n) is 10.4. The predicted molar refractivity (Wildman–Crippen MR) is 65.7 cm³/mol. The van der Waals surface area contributed by atoms with Crippen LogP contribution in [0.15, 0.2) is 12.4 Å². The molecule has 1 aromatic rings. The molecule has 0 aliphatic carbocycles. The van der Waals surface area contributed by atoms with E-state index >= 15 is 0 Å². The predicted octanol–water partition coefficient (Wildman–Crippen LogP) is 1.97. The highest BCUT2D eigenvalue weighted by molar-refractivity contribution is 5.10. The fourth-order valence-corrected chi connectivity index (χ4v) is 1.55. The molecule has 4 heteroatoms. The molecule has 0 aromatic carbocycles. The summed E-state index contributed by atoms with van der Waals surface area (Å²) >= 11 is 0. The summed E-state index contributed by atoms with van der Waals surface area (Å²) in [4.78, 5) is 0. The van der Waals surface area contributed by atoms with Gasteiger partial charge in [0, 0.05) is 7.05 Å². The Hall–Kier alpha value is -1.03. The Morgan fingerprint density at radius 1 is 1.31 bits per heavy atom. The quantitative estimate of drug-likeness (QED) is 0.653. The maximum atomic E-state index is 5.56.